The van der Waals surface area contributed by atoms with Crippen LogP contribution in [0.1, 0.15) is 13.3 Å². The standard InChI is InChI=1S/C12H17N3O4S/c1-8(6-11(13)16)14-12(17)15-9-4-3-5-10(7-9)20(2,18)19/h3-5,7-8H,6H2,1-2H3,(H2,13,16)(H2,14,15,17). The van der Waals surface area contributed by atoms with Crippen LogP contribution in [-0.2, 0) is 14.6 Å². The maximum Gasteiger partial charge on any atom is 0.319 e. The van der Waals surface area contributed by atoms with Gasteiger partial charge in [-0.3, -0.25) is 4.79 Å². The number of nitrogens with one attached hydrogen (secondary N) is 2. The lowest BCUT2D eigenvalue weighted by Gasteiger charge is -2.13. The van der Waals surface area contributed by atoms with Crippen molar-refractivity contribution in [3.05, 3.63) is 24.3 Å². The number of rotatable bonds is 5. The molecule has 7 nitrogen and oxygen atoms in total. The van der Waals surface area contributed by atoms with Crippen LogP contribution in [0.25, 0.3) is 0 Å². The number of anilines is 1. The van der Waals surface area contributed by atoms with E-state index in [4.69, 9.17) is 5.73 Å². The van der Waals surface area contributed by atoms with Gasteiger partial charge in [0.05, 0.1) is 4.90 Å². The van der Waals surface area contributed by atoms with Crippen molar-refractivity contribution in [2.45, 2.75) is 24.3 Å². The van der Waals surface area contributed by atoms with Crippen LogP contribution in [0.2, 0.25) is 0 Å². The number of nitrogens with two attached hydrogens (primary N) is 1. The van der Waals surface area contributed by atoms with E-state index in [1.165, 1.54) is 18.2 Å². The van der Waals surface area contributed by atoms with E-state index in [1.807, 2.05) is 0 Å². The quantitative estimate of drug-likeness (QED) is 0.732. The average Bonchev–Trinajstić information content (AvgIpc) is 2.26. The second-order valence-electron chi connectivity index (χ2n) is 4.47. The first-order valence-electron chi connectivity index (χ1n) is 5.84. The minimum atomic E-state index is -3.33. The van der Waals surface area contributed by atoms with Gasteiger partial charge in [0.25, 0.3) is 0 Å². The molecule has 0 aliphatic carbocycles. The Bertz CT molecular complexity index is 613. The van der Waals surface area contributed by atoms with Crippen LogP contribution in [-0.4, -0.2) is 32.7 Å². The lowest BCUT2D eigenvalue weighted by Crippen LogP contribution is -2.38. The first-order valence-corrected chi connectivity index (χ1v) is 7.73. The van der Waals surface area contributed by atoms with Gasteiger partial charge in [0.1, 0.15) is 0 Å². The SMILES string of the molecule is CC(CC(N)=O)NC(=O)Nc1cccc(S(C)(=O)=O)c1. The van der Waals surface area contributed by atoms with Crippen molar-refractivity contribution in [1.29, 1.82) is 0 Å². The Morgan fingerprint density at radius 3 is 2.55 bits per heavy atom. The van der Waals surface area contributed by atoms with Gasteiger partial charge in [-0.15, -0.1) is 0 Å². The molecule has 4 N–H and O–H groups in total. The largest absolute Gasteiger partial charge is 0.370 e. The number of amides is 3. The molecule has 0 saturated heterocycles. The molecule has 0 aliphatic heterocycles. The van der Waals surface area contributed by atoms with E-state index in [0.717, 1.165) is 6.26 Å². The van der Waals surface area contributed by atoms with Crippen molar-refractivity contribution >= 4 is 27.5 Å². The van der Waals surface area contributed by atoms with Crippen molar-refractivity contribution < 1.29 is 18.0 Å². The zero-order valence-electron chi connectivity index (χ0n) is 11.2. The van der Waals surface area contributed by atoms with Crippen molar-refractivity contribution in [3.8, 4) is 0 Å². The first-order chi connectivity index (χ1) is 9.18. The summed E-state index contributed by atoms with van der Waals surface area (Å²) in [6.45, 7) is 1.64. The maximum absolute atomic E-state index is 11.6. The maximum atomic E-state index is 11.6. The Hall–Kier alpha value is -2.09. The minimum Gasteiger partial charge on any atom is -0.370 e. The van der Waals surface area contributed by atoms with Crippen LogP contribution in [0, 0.1) is 0 Å². The molecule has 0 aliphatic rings. The zero-order chi connectivity index (χ0) is 15.3. The fourth-order valence-corrected chi connectivity index (χ4v) is 2.22. The smallest absolute Gasteiger partial charge is 0.319 e. The molecule has 110 valence electrons. The normalized spacial score (nSPS) is 12.5. The van der Waals surface area contributed by atoms with Crippen LogP contribution < -0.4 is 16.4 Å². The summed E-state index contributed by atoms with van der Waals surface area (Å²) in [4.78, 5) is 22.4. The highest BCUT2D eigenvalue weighted by Crippen LogP contribution is 2.15. The van der Waals surface area contributed by atoms with E-state index in [9.17, 15) is 18.0 Å². The minimum absolute atomic E-state index is 0.0246. The van der Waals surface area contributed by atoms with E-state index in [2.05, 4.69) is 10.6 Å². The third-order valence-corrected chi connectivity index (χ3v) is 3.52. The number of carbonyl (C=O) groups is 2. The predicted molar refractivity (Wildman–Crippen MR) is 75.0 cm³/mol. The predicted octanol–water partition coefficient (Wildman–Crippen LogP) is 0.475. The number of hydrogen-bond donors (Lipinski definition) is 3. The Balaban J connectivity index is 2.69. The van der Waals surface area contributed by atoms with Crippen LogP contribution in [0.3, 0.4) is 0 Å². The van der Waals surface area contributed by atoms with E-state index in [-0.39, 0.29) is 11.3 Å². The first kappa shape index (κ1) is 16.0. The van der Waals surface area contributed by atoms with Gasteiger partial charge in [-0.2, -0.15) is 0 Å². The van der Waals surface area contributed by atoms with Crippen molar-refractivity contribution in [2.75, 3.05) is 11.6 Å². The molecule has 20 heavy (non-hydrogen) atoms. The fraction of sp³-hybridized carbons (Fsp3) is 0.333. The molecule has 0 fully saturated rings. The van der Waals surface area contributed by atoms with Crippen LogP contribution >= 0.6 is 0 Å². The summed E-state index contributed by atoms with van der Waals surface area (Å²) in [5, 5.41) is 5.01. The Labute approximate surface area is 117 Å². The molecule has 0 aromatic heterocycles. The molecule has 1 rings (SSSR count). The fourth-order valence-electron chi connectivity index (χ4n) is 1.55. The molecule has 0 radical (unpaired) electrons. The molecular weight excluding hydrogens is 282 g/mol. The van der Waals surface area contributed by atoms with E-state index in [1.54, 1.807) is 13.0 Å². The van der Waals surface area contributed by atoms with Gasteiger partial charge in [-0.05, 0) is 25.1 Å². The number of primary amides is 1. The van der Waals surface area contributed by atoms with Crippen LogP contribution in [0.15, 0.2) is 29.2 Å². The zero-order valence-corrected chi connectivity index (χ0v) is 12.0. The molecule has 1 aromatic rings. The van der Waals surface area contributed by atoms with E-state index in [0.29, 0.717) is 5.69 Å². The van der Waals surface area contributed by atoms with Crippen LogP contribution in [0.5, 0.6) is 0 Å². The molecule has 8 heteroatoms. The van der Waals surface area contributed by atoms with Crippen molar-refractivity contribution in [1.82, 2.24) is 5.32 Å². The summed E-state index contributed by atoms with van der Waals surface area (Å²) in [6.07, 6.45) is 1.11. The summed E-state index contributed by atoms with van der Waals surface area (Å²) < 4.78 is 22.8. The summed E-state index contributed by atoms with van der Waals surface area (Å²) in [7, 11) is -3.33. The van der Waals surface area contributed by atoms with Gasteiger partial charge >= 0.3 is 6.03 Å². The number of benzene rings is 1. The van der Waals surface area contributed by atoms with Crippen molar-refractivity contribution in [2.24, 2.45) is 5.73 Å². The molecule has 1 aromatic carbocycles. The van der Waals surface area contributed by atoms with Crippen LogP contribution in [0.4, 0.5) is 10.5 Å². The summed E-state index contributed by atoms with van der Waals surface area (Å²) in [5.41, 5.74) is 5.36. The van der Waals surface area contributed by atoms with Gasteiger partial charge < -0.3 is 16.4 Å². The molecule has 1 atom stereocenters. The molecule has 1 unspecified atom stereocenters. The highest BCUT2D eigenvalue weighted by Gasteiger charge is 2.11. The molecular formula is C12H17N3O4S. The van der Waals surface area contributed by atoms with Gasteiger partial charge in [0.15, 0.2) is 9.84 Å². The highest BCUT2D eigenvalue weighted by atomic mass is 32.2. The molecule has 0 heterocycles. The van der Waals surface area contributed by atoms with Gasteiger partial charge in [0, 0.05) is 24.4 Å². The Morgan fingerprint density at radius 2 is 2.00 bits per heavy atom. The Kier molecular flexibility index (Phi) is 5.09. The second-order valence-corrected chi connectivity index (χ2v) is 6.49. The third kappa shape index (κ3) is 5.27. The molecule has 0 spiro atoms. The molecule has 0 saturated carbocycles. The molecule has 3 amide bonds. The van der Waals surface area contributed by atoms with Gasteiger partial charge in [-0.1, -0.05) is 6.07 Å². The highest BCUT2D eigenvalue weighted by molar-refractivity contribution is 7.90. The summed E-state index contributed by atoms with van der Waals surface area (Å²) in [6, 6.07) is 4.93. The number of sulfone groups is 1. The number of carbonyl (C=O) groups excluding carboxylic acids is 2. The summed E-state index contributed by atoms with van der Waals surface area (Å²) >= 11 is 0. The summed E-state index contributed by atoms with van der Waals surface area (Å²) in [5.74, 6) is -0.517. The van der Waals surface area contributed by atoms with Crippen molar-refractivity contribution in [3.63, 3.8) is 0 Å². The number of urea groups is 1. The van der Waals surface area contributed by atoms with Gasteiger partial charge in [0.2, 0.25) is 5.91 Å². The van der Waals surface area contributed by atoms with Gasteiger partial charge in [-0.25, -0.2) is 13.2 Å². The monoisotopic (exact) mass is 299 g/mol. The van der Waals surface area contributed by atoms with E-state index < -0.39 is 27.8 Å². The second kappa shape index (κ2) is 6.38. The lowest BCUT2D eigenvalue weighted by atomic mass is 10.2. The van der Waals surface area contributed by atoms with E-state index >= 15 is 0 Å². The Morgan fingerprint density at radius 1 is 1.35 bits per heavy atom. The average molecular weight is 299 g/mol. The topological polar surface area (TPSA) is 118 Å². The molecule has 0 bridgehead atoms. The lowest BCUT2D eigenvalue weighted by molar-refractivity contribution is -0.118. The third-order valence-electron chi connectivity index (χ3n) is 2.40. The number of hydrogen-bond acceptors (Lipinski definition) is 4.